The minimum atomic E-state index is -0.393. The van der Waals surface area contributed by atoms with Crippen LogP contribution in [-0.2, 0) is 0 Å². The Kier molecular flexibility index (Phi) is 4.02. The number of hydrogen-bond donors (Lipinski definition) is 1. The van der Waals surface area contributed by atoms with Gasteiger partial charge in [0.1, 0.15) is 5.82 Å². The number of thiophene rings is 1. The SMILES string of the molecule is CCC(Nc1ccc2cc([N+](=O)[O-])ccc2n1)c1cccs1. The first-order valence-corrected chi connectivity index (χ1v) is 7.90. The van der Waals surface area contributed by atoms with E-state index in [2.05, 4.69) is 28.7 Å². The second-order valence-corrected chi connectivity index (χ2v) is 5.93. The molecule has 1 aromatic carbocycles. The summed E-state index contributed by atoms with van der Waals surface area (Å²) in [4.78, 5) is 16.2. The van der Waals surface area contributed by atoms with Crippen LogP contribution in [0.1, 0.15) is 24.3 Å². The van der Waals surface area contributed by atoms with Crippen molar-refractivity contribution in [2.45, 2.75) is 19.4 Å². The first-order valence-electron chi connectivity index (χ1n) is 7.02. The number of benzene rings is 1. The van der Waals surface area contributed by atoms with E-state index >= 15 is 0 Å². The number of hydrogen-bond acceptors (Lipinski definition) is 5. The Morgan fingerprint density at radius 3 is 2.86 bits per heavy atom. The summed E-state index contributed by atoms with van der Waals surface area (Å²) >= 11 is 1.72. The Morgan fingerprint density at radius 1 is 1.32 bits per heavy atom. The first-order chi connectivity index (χ1) is 10.7. The topological polar surface area (TPSA) is 68.1 Å². The standard InChI is InChI=1S/C16H15N3O2S/c1-2-13(15-4-3-9-22-15)17-16-8-5-11-10-12(19(20)21)6-7-14(11)18-16/h3-10,13H,2H2,1H3,(H,17,18). The van der Waals surface area contributed by atoms with Gasteiger partial charge in [-0.3, -0.25) is 10.1 Å². The molecule has 2 aromatic heterocycles. The lowest BCUT2D eigenvalue weighted by molar-refractivity contribution is -0.384. The molecule has 0 aliphatic rings. The third kappa shape index (κ3) is 2.92. The molecule has 0 aliphatic heterocycles. The predicted molar refractivity (Wildman–Crippen MR) is 89.4 cm³/mol. The Balaban J connectivity index is 1.88. The highest BCUT2D eigenvalue weighted by atomic mass is 32.1. The maximum absolute atomic E-state index is 10.8. The highest BCUT2D eigenvalue weighted by Gasteiger charge is 2.12. The molecule has 3 rings (SSSR count). The maximum Gasteiger partial charge on any atom is 0.270 e. The van der Waals surface area contributed by atoms with Crippen LogP contribution < -0.4 is 5.32 Å². The van der Waals surface area contributed by atoms with Crippen molar-refractivity contribution in [2.75, 3.05) is 5.32 Å². The van der Waals surface area contributed by atoms with E-state index in [0.29, 0.717) is 0 Å². The van der Waals surface area contributed by atoms with Gasteiger partial charge in [0.2, 0.25) is 0 Å². The largest absolute Gasteiger partial charge is 0.362 e. The number of anilines is 1. The number of pyridine rings is 1. The molecule has 2 heterocycles. The molecule has 0 saturated heterocycles. The molecular weight excluding hydrogens is 298 g/mol. The van der Waals surface area contributed by atoms with Crippen molar-refractivity contribution >= 4 is 33.7 Å². The smallest absolute Gasteiger partial charge is 0.270 e. The summed E-state index contributed by atoms with van der Waals surface area (Å²) < 4.78 is 0. The summed E-state index contributed by atoms with van der Waals surface area (Å²) in [7, 11) is 0. The number of nitrogens with zero attached hydrogens (tertiary/aromatic N) is 2. The van der Waals surface area contributed by atoms with Gasteiger partial charge in [-0.25, -0.2) is 4.98 Å². The average molecular weight is 313 g/mol. The van der Waals surface area contributed by atoms with Gasteiger partial charge in [-0.05, 0) is 36.1 Å². The molecule has 22 heavy (non-hydrogen) atoms. The third-order valence-corrected chi connectivity index (χ3v) is 4.49. The van der Waals surface area contributed by atoms with Gasteiger partial charge < -0.3 is 5.32 Å². The van der Waals surface area contributed by atoms with Crippen molar-refractivity contribution in [2.24, 2.45) is 0 Å². The van der Waals surface area contributed by atoms with E-state index in [0.717, 1.165) is 23.1 Å². The van der Waals surface area contributed by atoms with Gasteiger partial charge in [0, 0.05) is 22.4 Å². The van der Waals surface area contributed by atoms with Gasteiger partial charge in [0.05, 0.1) is 16.5 Å². The lowest BCUT2D eigenvalue weighted by atomic mass is 10.1. The minimum absolute atomic E-state index is 0.0834. The van der Waals surface area contributed by atoms with Gasteiger partial charge >= 0.3 is 0 Å². The van der Waals surface area contributed by atoms with E-state index in [1.165, 1.54) is 10.9 Å². The van der Waals surface area contributed by atoms with Crippen molar-refractivity contribution in [1.82, 2.24) is 4.98 Å². The third-order valence-electron chi connectivity index (χ3n) is 3.50. The summed E-state index contributed by atoms with van der Waals surface area (Å²) in [6.45, 7) is 2.13. The van der Waals surface area contributed by atoms with Gasteiger partial charge in [-0.1, -0.05) is 13.0 Å². The maximum atomic E-state index is 10.8. The Morgan fingerprint density at radius 2 is 2.18 bits per heavy atom. The molecule has 1 atom stereocenters. The van der Waals surface area contributed by atoms with Crippen molar-refractivity contribution in [3.05, 3.63) is 62.8 Å². The second kappa shape index (κ2) is 6.11. The fraction of sp³-hybridized carbons (Fsp3) is 0.188. The second-order valence-electron chi connectivity index (χ2n) is 4.95. The summed E-state index contributed by atoms with van der Waals surface area (Å²) in [5.41, 5.74) is 0.830. The fourth-order valence-electron chi connectivity index (χ4n) is 2.35. The first kappa shape index (κ1) is 14.5. The van der Waals surface area contributed by atoms with Crippen LogP contribution in [0.4, 0.5) is 11.5 Å². The molecule has 0 spiro atoms. The molecule has 6 heteroatoms. The van der Waals surface area contributed by atoms with E-state index in [4.69, 9.17) is 0 Å². The van der Waals surface area contributed by atoms with E-state index in [-0.39, 0.29) is 11.7 Å². The zero-order chi connectivity index (χ0) is 15.5. The van der Waals surface area contributed by atoms with Gasteiger partial charge in [0.25, 0.3) is 5.69 Å². The number of nitrogens with one attached hydrogen (secondary N) is 1. The van der Waals surface area contributed by atoms with E-state index in [1.54, 1.807) is 23.5 Å². The molecule has 0 fully saturated rings. The average Bonchev–Trinajstić information content (AvgIpc) is 3.06. The fourth-order valence-corrected chi connectivity index (χ4v) is 3.21. The normalized spacial score (nSPS) is 12.2. The molecule has 3 aromatic rings. The summed E-state index contributed by atoms with van der Waals surface area (Å²) in [5, 5.41) is 17.1. The van der Waals surface area contributed by atoms with Gasteiger partial charge in [-0.2, -0.15) is 0 Å². The quantitative estimate of drug-likeness (QED) is 0.544. The van der Waals surface area contributed by atoms with Crippen molar-refractivity contribution in [3.63, 3.8) is 0 Å². The molecule has 1 unspecified atom stereocenters. The number of aromatic nitrogens is 1. The van der Waals surface area contributed by atoms with Crippen LogP contribution in [0.25, 0.3) is 10.9 Å². The van der Waals surface area contributed by atoms with Crippen LogP contribution in [0.3, 0.4) is 0 Å². The molecule has 1 N–H and O–H groups in total. The molecule has 0 amide bonds. The van der Waals surface area contributed by atoms with E-state index in [9.17, 15) is 10.1 Å². The predicted octanol–water partition coefficient (Wildman–Crippen LogP) is 4.77. The van der Waals surface area contributed by atoms with Crippen molar-refractivity contribution in [1.29, 1.82) is 0 Å². The van der Waals surface area contributed by atoms with E-state index in [1.807, 2.05) is 18.2 Å². The summed E-state index contributed by atoms with van der Waals surface area (Å²) in [6, 6.07) is 12.8. The minimum Gasteiger partial charge on any atom is -0.362 e. The monoisotopic (exact) mass is 313 g/mol. The Hall–Kier alpha value is -2.47. The molecule has 0 radical (unpaired) electrons. The van der Waals surface area contributed by atoms with Crippen LogP contribution in [0.2, 0.25) is 0 Å². The Labute approximate surface area is 131 Å². The van der Waals surface area contributed by atoms with Gasteiger partial charge in [0.15, 0.2) is 0 Å². The van der Waals surface area contributed by atoms with Crippen molar-refractivity contribution < 1.29 is 4.92 Å². The number of non-ortho nitro benzene ring substituents is 1. The molecule has 0 saturated carbocycles. The highest BCUT2D eigenvalue weighted by molar-refractivity contribution is 7.10. The molecule has 112 valence electrons. The van der Waals surface area contributed by atoms with Crippen molar-refractivity contribution in [3.8, 4) is 0 Å². The van der Waals surface area contributed by atoms with Crippen LogP contribution in [0.5, 0.6) is 0 Å². The van der Waals surface area contributed by atoms with Crippen LogP contribution in [-0.4, -0.2) is 9.91 Å². The molecule has 0 bridgehead atoms. The number of nitro groups is 1. The Bertz CT molecular complexity index is 802. The molecule has 5 nitrogen and oxygen atoms in total. The molecule has 0 aliphatic carbocycles. The van der Waals surface area contributed by atoms with Crippen LogP contribution >= 0.6 is 11.3 Å². The van der Waals surface area contributed by atoms with Crippen LogP contribution in [0.15, 0.2) is 47.8 Å². The lowest BCUT2D eigenvalue weighted by Crippen LogP contribution is -2.09. The summed E-state index contributed by atoms with van der Waals surface area (Å²) in [5.74, 6) is 0.779. The summed E-state index contributed by atoms with van der Waals surface area (Å²) in [6.07, 6.45) is 0.959. The zero-order valence-corrected chi connectivity index (χ0v) is 12.8. The highest BCUT2D eigenvalue weighted by Crippen LogP contribution is 2.27. The number of fused-ring (bicyclic) bond motifs is 1. The number of rotatable bonds is 5. The number of nitro benzene ring substituents is 1. The van der Waals surface area contributed by atoms with E-state index < -0.39 is 4.92 Å². The van der Waals surface area contributed by atoms with Crippen LogP contribution in [0, 0.1) is 10.1 Å². The van der Waals surface area contributed by atoms with Gasteiger partial charge in [-0.15, -0.1) is 11.3 Å². The lowest BCUT2D eigenvalue weighted by Gasteiger charge is -2.16. The molecular formula is C16H15N3O2S. The zero-order valence-electron chi connectivity index (χ0n) is 12.0.